The van der Waals surface area contributed by atoms with Crippen LogP contribution in [0.2, 0.25) is 0 Å². The van der Waals surface area contributed by atoms with Gasteiger partial charge in [0.05, 0.1) is 18.5 Å². The van der Waals surface area contributed by atoms with E-state index in [0.29, 0.717) is 11.3 Å². The van der Waals surface area contributed by atoms with Gasteiger partial charge in [-0.05, 0) is 20.8 Å². The number of rotatable bonds is 2. The Hall–Kier alpha value is -1.87. The fourth-order valence-electron chi connectivity index (χ4n) is 2.46. The van der Waals surface area contributed by atoms with Gasteiger partial charge in [0.15, 0.2) is 0 Å². The molecule has 0 spiro atoms. The smallest absolute Gasteiger partial charge is 0.408 e. The van der Waals surface area contributed by atoms with Crippen molar-refractivity contribution in [1.29, 1.82) is 0 Å². The molecule has 1 saturated carbocycles. The van der Waals surface area contributed by atoms with Crippen LogP contribution in [0.4, 0.5) is 9.18 Å². The van der Waals surface area contributed by atoms with E-state index >= 15 is 0 Å². The van der Waals surface area contributed by atoms with Crippen molar-refractivity contribution in [1.82, 2.24) is 5.32 Å². The Morgan fingerprint density at radius 1 is 1.60 bits per heavy atom. The monoisotopic (exact) mass is 278 g/mol. The van der Waals surface area contributed by atoms with Crippen LogP contribution >= 0.6 is 0 Å². The van der Waals surface area contributed by atoms with E-state index in [9.17, 15) is 9.18 Å². The van der Waals surface area contributed by atoms with E-state index in [0.717, 1.165) is 12.0 Å². The van der Waals surface area contributed by atoms with E-state index in [1.165, 1.54) is 6.08 Å². The number of hydrogen-bond acceptors (Lipinski definition) is 3. The first kappa shape index (κ1) is 13.1. The number of amides is 1. The van der Waals surface area contributed by atoms with Crippen molar-refractivity contribution in [2.24, 2.45) is 5.92 Å². The van der Waals surface area contributed by atoms with Crippen LogP contribution in [0.1, 0.15) is 27.2 Å². The summed E-state index contributed by atoms with van der Waals surface area (Å²) in [6, 6.07) is 0. The summed E-state index contributed by atoms with van der Waals surface area (Å²) >= 11 is 0. The standard InChI is InChI=1S/C15H16FNO3/c1-15(2,3)20-14(18)17-7-9-10(16)4-5-11-13(9)8-6-12(8)19-11/h4,8,12H,6-7H2,1-3H3/p+1/t8-,12+/m0/s1. The molecule has 0 aromatic carbocycles. The molecule has 0 unspecified atom stereocenters. The van der Waals surface area contributed by atoms with Crippen LogP contribution in [0.15, 0.2) is 28.8 Å². The highest BCUT2D eigenvalue weighted by Crippen LogP contribution is 2.53. The van der Waals surface area contributed by atoms with E-state index < -0.39 is 11.7 Å². The molecular formula is C15H17FNO3+. The molecule has 0 bridgehead atoms. The van der Waals surface area contributed by atoms with Crippen molar-refractivity contribution in [2.45, 2.75) is 38.9 Å². The number of allylic oxidation sites excluding steroid dienone is 3. The van der Waals surface area contributed by atoms with Crippen LogP contribution in [0, 0.1) is 12.0 Å². The Morgan fingerprint density at radius 2 is 2.35 bits per heavy atom. The fourth-order valence-corrected chi connectivity index (χ4v) is 2.46. The van der Waals surface area contributed by atoms with Gasteiger partial charge in [0.25, 0.3) is 5.76 Å². The molecule has 0 saturated heterocycles. The van der Waals surface area contributed by atoms with Gasteiger partial charge in [-0.15, -0.1) is 4.39 Å². The molecule has 1 heterocycles. The number of fused-ring (bicyclic) bond motifs is 2. The van der Waals surface area contributed by atoms with Crippen LogP contribution in [0.3, 0.4) is 0 Å². The van der Waals surface area contributed by atoms with Gasteiger partial charge in [0.1, 0.15) is 28.9 Å². The van der Waals surface area contributed by atoms with Crippen LogP contribution in [-0.4, -0.2) is 24.3 Å². The Labute approximate surface area is 117 Å². The van der Waals surface area contributed by atoms with Crippen LogP contribution in [-0.2, 0) is 9.47 Å². The minimum Gasteiger partial charge on any atom is -0.460 e. The van der Waals surface area contributed by atoms with Crippen molar-refractivity contribution in [3.63, 3.8) is 0 Å². The molecule has 1 amide bonds. The summed E-state index contributed by atoms with van der Waals surface area (Å²) in [4.78, 5) is 11.6. The predicted molar refractivity (Wildman–Crippen MR) is 70.2 cm³/mol. The highest BCUT2D eigenvalue weighted by Gasteiger charge is 2.57. The Kier molecular flexibility index (Phi) is 2.83. The first-order valence-electron chi connectivity index (χ1n) is 6.71. The largest absolute Gasteiger partial charge is 0.460 e. The second-order valence-electron chi connectivity index (χ2n) is 6.21. The first-order chi connectivity index (χ1) is 9.35. The summed E-state index contributed by atoms with van der Waals surface area (Å²) in [5.74, 6) is 0.511. The summed E-state index contributed by atoms with van der Waals surface area (Å²) in [7, 11) is 0. The lowest BCUT2D eigenvalue weighted by Crippen LogP contribution is -2.34. The quantitative estimate of drug-likeness (QED) is 0.790. The maximum absolute atomic E-state index is 13.9. The summed E-state index contributed by atoms with van der Waals surface area (Å²) < 4.78 is 24.7. The second kappa shape index (κ2) is 4.32. The third-order valence-corrected chi connectivity index (χ3v) is 3.37. The van der Waals surface area contributed by atoms with E-state index in [-0.39, 0.29) is 24.4 Å². The molecule has 1 fully saturated rings. The van der Waals surface area contributed by atoms with Gasteiger partial charge in [-0.2, -0.15) is 0 Å². The second-order valence-corrected chi connectivity index (χ2v) is 6.21. The molecule has 0 aromatic rings. The lowest BCUT2D eigenvalue weighted by atomic mass is 9.96. The molecule has 4 nitrogen and oxygen atoms in total. The molecule has 106 valence electrons. The van der Waals surface area contributed by atoms with E-state index in [1.54, 1.807) is 20.8 Å². The topological polar surface area (TPSA) is 47.6 Å². The van der Waals surface area contributed by atoms with Crippen molar-refractivity contribution < 1.29 is 18.7 Å². The normalized spacial score (nSPS) is 26.6. The summed E-state index contributed by atoms with van der Waals surface area (Å²) in [6.07, 6.45) is 4.60. The zero-order chi connectivity index (χ0) is 14.5. The van der Waals surface area contributed by atoms with Crippen LogP contribution in [0.5, 0.6) is 0 Å². The van der Waals surface area contributed by atoms with Crippen molar-refractivity contribution in [2.75, 3.05) is 6.54 Å². The van der Waals surface area contributed by atoms with Gasteiger partial charge in [-0.25, -0.2) is 4.79 Å². The molecule has 1 N–H and O–H groups in total. The number of carbonyl (C=O) groups excluding carboxylic acids is 1. The number of nitrogens with one attached hydrogen (secondary N) is 1. The van der Waals surface area contributed by atoms with Crippen molar-refractivity contribution >= 4 is 6.09 Å². The number of halogens is 1. The number of hydrogen-bond donors (Lipinski definition) is 1. The average Bonchev–Trinajstić information content (AvgIpc) is 2.99. The molecule has 0 aromatic heterocycles. The summed E-state index contributed by atoms with van der Waals surface area (Å²) in [5, 5.41) is 2.59. The minimum absolute atomic E-state index is 0.102. The summed E-state index contributed by atoms with van der Waals surface area (Å²) in [5.41, 5.74) is 0.764. The summed E-state index contributed by atoms with van der Waals surface area (Å²) in [6.45, 7) is 5.45. The third kappa shape index (κ3) is 2.41. The zero-order valence-electron chi connectivity index (χ0n) is 11.7. The fraction of sp³-hybridized carbons (Fsp3) is 0.533. The number of ether oxygens (including phenoxy) is 2. The first-order valence-corrected chi connectivity index (χ1v) is 6.71. The molecule has 0 radical (unpaired) electrons. The van der Waals surface area contributed by atoms with Gasteiger partial charge < -0.3 is 14.8 Å². The highest BCUT2D eigenvalue weighted by atomic mass is 19.1. The molecule has 3 rings (SSSR count). The van der Waals surface area contributed by atoms with E-state index in [4.69, 9.17) is 9.47 Å². The van der Waals surface area contributed by atoms with Gasteiger partial charge in [-0.3, -0.25) is 0 Å². The lowest BCUT2D eigenvalue weighted by molar-refractivity contribution is 0.0532. The van der Waals surface area contributed by atoms with Gasteiger partial charge in [-0.1, -0.05) is 0 Å². The number of carbonyl (C=O) groups is 1. The highest BCUT2D eigenvalue weighted by molar-refractivity contribution is 5.68. The SMILES string of the molecule is CC(C)(C)OC(=O)NCC1=C(F)C=[C+]C2=C1[C@H]1C[C@H]1O2. The molecule has 20 heavy (non-hydrogen) atoms. The van der Waals surface area contributed by atoms with Crippen LogP contribution < -0.4 is 5.32 Å². The van der Waals surface area contributed by atoms with Gasteiger partial charge in [0.2, 0.25) is 5.83 Å². The lowest BCUT2D eigenvalue weighted by Gasteiger charge is -2.19. The molecular weight excluding hydrogens is 261 g/mol. The van der Waals surface area contributed by atoms with E-state index in [1.807, 2.05) is 0 Å². The van der Waals surface area contributed by atoms with E-state index in [2.05, 4.69) is 11.4 Å². The predicted octanol–water partition coefficient (Wildman–Crippen LogP) is 2.78. The van der Waals surface area contributed by atoms with Crippen molar-refractivity contribution in [3.8, 4) is 0 Å². The maximum Gasteiger partial charge on any atom is 0.408 e. The Balaban J connectivity index is 1.68. The van der Waals surface area contributed by atoms with Gasteiger partial charge >= 0.3 is 6.09 Å². The number of alkyl carbamates (subject to hydrolysis) is 1. The molecule has 1 aliphatic heterocycles. The van der Waals surface area contributed by atoms with Gasteiger partial charge in [0, 0.05) is 6.42 Å². The minimum atomic E-state index is -0.570. The zero-order valence-corrected chi connectivity index (χ0v) is 11.7. The maximum atomic E-state index is 13.9. The molecule has 2 aliphatic carbocycles. The Morgan fingerprint density at radius 3 is 3.05 bits per heavy atom. The molecule has 5 heteroatoms. The average molecular weight is 278 g/mol. The third-order valence-electron chi connectivity index (χ3n) is 3.37. The molecule has 3 aliphatic rings. The Bertz CT molecular complexity index is 554. The van der Waals surface area contributed by atoms with Crippen LogP contribution in [0.25, 0.3) is 0 Å². The molecule has 2 atom stereocenters. The van der Waals surface area contributed by atoms with Crippen molar-refractivity contribution in [3.05, 3.63) is 34.9 Å².